The average molecular weight is 341 g/mol. The first kappa shape index (κ1) is 17.3. The van der Waals surface area contributed by atoms with Crippen molar-refractivity contribution in [2.75, 3.05) is 18.0 Å². The summed E-state index contributed by atoms with van der Waals surface area (Å²) in [5, 5.41) is 3.33. The van der Waals surface area contributed by atoms with Crippen LogP contribution in [-0.2, 0) is 6.18 Å². The summed E-state index contributed by atoms with van der Waals surface area (Å²) >= 11 is 0. The molecule has 0 aliphatic heterocycles. The smallest absolute Gasteiger partial charge is 0.356 e. The van der Waals surface area contributed by atoms with Crippen LogP contribution in [0.1, 0.15) is 24.9 Å². The number of aryl methyl sites for hydroxylation is 1. The van der Waals surface area contributed by atoms with Gasteiger partial charge in [-0.05, 0) is 13.8 Å². The minimum atomic E-state index is -4.76. The molecule has 0 unspecified atom stereocenters. The molecule has 0 saturated heterocycles. The predicted octanol–water partition coefficient (Wildman–Crippen LogP) is 3.23. The molecule has 0 aliphatic carbocycles. The lowest BCUT2D eigenvalue weighted by atomic mass is 10.3. The number of fused-ring (bicyclic) bond motifs is 1. The SMILES string of the molecule is CCN(CCC(F)(F)F)c1cc(C)nc2nc(C(F)(F)F)nn12. The fourth-order valence-corrected chi connectivity index (χ4v) is 2.01. The Morgan fingerprint density at radius 1 is 1.13 bits per heavy atom. The van der Waals surface area contributed by atoms with Crippen molar-refractivity contribution in [3.05, 3.63) is 17.6 Å². The van der Waals surface area contributed by atoms with Gasteiger partial charge in [0.2, 0.25) is 0 Å². The van der Waals surface area contributed by atoms with Crippen molar-refractivity contribution in [3.8, 4) is 0 Å². The standard InChI is InChI=1S/C12H13F6N5/c1-3-22(5-4-11(13,14)15)8-6-7(2)19-10-20-9(12(16,17)18)21-23(8)10/h6H,3-5H2,1-2H3. The van der Waals surface area contributed by atoms with Gasteiger partial charge in [0.1, 0.15) is 5.82 Å². The normalized spacial score (nSPS) is 12.9. The van der Waals surface area contributed by atoms with Gasteiger partial charge < -0.3 is 4.90 Å². The van der Waals surface area contributed by atoms with Crippen LogP contribution in [0.25, 0.3) is 5.78 Å². The van der Waals surface area contributed by atoms with E-state index in [0.717, 1.165) is 4.52 Å². The van der Waals surface area contributed by atoms with Gasteiger partial charge in [-0.2, -0.15) is 35.8 Å². The van der Waals surface area contributed by atoms with E-state index in [-0.39, 0.29) is 18.1 Å². The van der Waals surface area contributed by atoms with E-state index in [4.69, 9.17) is 0 Å². The molecule has 0 radical (unpaired) electrons. The van der Waals surface area contributed by atoms with Crippen molar-refractivity contribution in [2.24, 2.45) is 0 Å². The largest absolute Gasteiger partial charge is 0.453 e. The molecule has 2 rings (SSSR count). The highest BCUT2D eigenvalue weighted by Gasteiger charge is 2.37. The third kappa shape index (κ3) is 4.02. The summed E-state index contributed by atoms with van der Waals surface area (Å²) in [5.41, 5.74) is 0.332. The number of hydrogen-bond donors (Lipinski definition) is 0. The predicted molar refractivity (Wildman–Crippen MR) is 69.1 cm³/mol. The first-order chi connectivity index (χ1) is 10.5. The molecule has 0 aliphatic rings. The summed E-state index contributed by atoms with van der Waals surface area (Å²) in [4.78, 5) is 8.42. The number of hydrogen-bond acceptors (Lipinski definition) is 4. The molecule has 0 spiro atoms. The van der Waals surface area contributed by atoms with Crippen LogP contribution in [0.2, 0.25) is 0 Å². The highest BCUT2D eigenvalue weighted by molar-refractivity contribution is 5.47. The van der Waals surface area contributed by atoms with E-state index in [9.17, 15) is 26.3 Å². The maximum atomic E-state index is 12.7. The Morgan fingerprint density at radius 3 is 2.30 bits per heavy atom. The van der Waals surface area contributed by atoms with Gasteiger partial charge in [0.05, 0.1) is 6.42 Å². The van der Waals surface area contributed by atoms with Gasteiger partial charge in [-0.25, -0.2) is 4.98 Å². The number of alkyl halides is 6. The Balaban J connectivity index is 2.47. The Hall–Kier alpha value is -2.07. The fourth-order valence-electron chi connectivity index (χ4n) is 2.01. The van der Waals surface area contributed by atoms with E-state index >= 15 is 0 Å². The van der Waals surface area contributed by atoms with E-state index in [2.05, 4.69) is 15.1 Å². The molecule has 2 aromatic heterocycles. The molecule has 23 heavy (non-hydrogen) atoms. The molecule has 0 saturated carbocycles. The van der Waals surface area contributed by atoms with Gasteiger partial charge in [-0.15, -0.1) is 5.10 Å². The molecule has 0 N–H and O–H groups in total. The van der Waals surface area contributed by atoms with Crippen molar-refractivity contribution in [3.63, 3.8) is 0 Å². The first-order valence-electron chi connectivity index (χ1n) is 6.64. The van der Waals surface area contributed by atoms with Crippen LogP contribution in [0.15, 0.2) is 6.07 Å². The van der Waals surface area contributed by atoms with Crippen molar-refractivity contribution in [2.45, 2.75) is 32.6 Å². The van der Waals surface area contributed by atoms with Crippen LogP contribution >= 0.6 is 0 Å². The summed E-state index contributed by atoms with van der Waals surface area (Å²) in [6.45, 7) is 2.87. The van der Waals surface area contributed by atoms with Crippen LogP contribution < -0.4 is 4.90 Å². The molecule has 5 nitrogen and oxygen atoms in total. The van der Waals surface area contributed by atoms with Gasteiger partial charge in [0.25, 0.3) is 11.6 Å². The van der Waals surface area contributed by atoms with E-state index in [1.165, 1.54) is 17.9 Å². The second kappa shape index (κ2) is 5.85. The third-order valence-corrected chi connectivity index (χ3v) is 3.05. The van der Waals surface area contributed by atoms with Crippen LogP contribution in [0.5, 0.6) is 0 Å². The molecule has 0 fully saturated rings. The minimum absolute atomic E-state index is 0.0854. The van der Waals surface area contributed by atoms with E-state index < -0.39 is 31.1 Å². The van der Waals surface area contributed by atoms with Crippen LogP contribution in [0.3, 0.4) is 0 Å². The fraction of sp³-hybridized carbons (Fsp3) is 0.583. The Morgan fingerprint density at radius 2 is 1.78 bits per heavy atom. The summed E-state index contributed by atoms with van der Waals surface area (Å²) in [5.74, 6) is -1.61. The number of aromatic nitrogens is 4. The maximum absolute atomic E-state index is 12.7. The van der Waals surface area contributed by atoms with Crippen molar-refractivity contribution >= 4 is 11.6 Å². The second-order valence-electron chi connectivity index (χ2n) is 4.85. The van der Waals surface area contributed by atoms with Crippen molar-refractivity contribution in [1.82, 2.24) is 19.6 Å². The molecule has 2 heterocycles. The van der Waals surface area contributed by atoms with Gasteiger partial charge in [0, 0.05) is 24.8 Å². The molecular formula is C12H13F6N5. The first-order valence-corrected chi connectivity index (χ1v) is 6.64. The average Bonchev–Trinajstić information content (AvgIpc) is 2.81. The van der Waals surface area contributed by atoms with Crippen LogP contribution in [-0.4, -0.2) is 38.8 Å². The van der Waals surface area contributed by atoms with Crippen molar-refractivity contribution in [1.29, 1.82) is 0 Å². The number of anilines is 1. The Kier molecular flexibility index (Phi) is 4.40. The maximum Gasteiger partial charge on any atom is 0.453 e. The minimum Gasteiger partial charge on any atom is -0.356 e. The van der Waals surface area contributed by atoms with Gasteiger partial charge >= 0.3 is 12.4 Å². The molecule has 128 valence electrons. The summed E-state index contributed by atoms with van der Waals surface area (Å²) in [6.07, 6.45) is -10.2. The molecule has 0 atom stereocenters. The lowest BCUT2D eigenvalue weighted by Gasteiger charge is -2.24. The molecule has 0 aromatic carbocycles. The molecule has 0 amide bonds. The number of halogens is 6. The zero-order valence-electron chi connectivity index (χ0n) is 12.2. The summed E-state index contributed by atoms with van der Waals surface area (Å²) in [6, 6.07) is 1.38. The van der Waals surface area contributed by atoms with Gasteiger partial charge in [0.15, 0.2) is 0 Å². The molecule has 11 heteroatoms. The lowest BCUT2D eigenvalue weighted by molar-refractivity contribution is -0.144. The Bertz CT molecular complexity index is 690. The lowest BCUT2D eigenvalue weighted by Crippen LogP contribution is -2.30. The highest BCUT2D eigenvalue weighted by atomic mass is 19.4. The van der Waals surface area contributed by atoms with Crippen LogP contribution in [0, 0.1) is 6.92 Å². The van der Waals surface area contributed by atoms with E-state index in [1.54, 1.807) is 6.92 Å². The number of nitrogens with zero attached hydrogens (tertiary/aromatic N) is 5. The molecular weight excluding hydrogens is 328 g/mol. The molecule has 0 bridgehead atoms. The number of rotatable bonds is 4. The zero-order valence-corrected chi connectivity index (χ0v) is 12.2. The monoisotopic (exact) mass is 341 g/mol. The van der Waals surface area contributed by atoms with E-state index in [0.29, 0.717) is 5.69 Å². The second-order valence-corrected chi connectivity index (χ2v) is 4.85. The molecule has 2 aromatic rings. The van der Waals surface area contributed by atoms with E-state index in [1.807, 2.05) is 0 Å². The quantitative estimate of drug-likeness (QED) is 0.801. The zero-order chi connectivity index (χ0) is 17.4. The van der Waals surface area contributed by atoms with Gasteiger partial charge in [-0.1, -0.05) is 0 Å². The van der Waals surface area contributed by atoms with Crippen LogP contribution in [0.4, 0.5) is 32.2 Å². The van der Waals surface area contributed by atoms with Crippen molar-refractivity contribution < 1.29 is 26.3 Å². The highest BCUT2D eigenvalue weighted by Crippen LogP contribution is 2.28. The summed E-state index contributed by atoms with van der Waals surface area (Å²) in [7, 11) is 0. The third-order valence-electron chi connectivity index (χ3n) is 3.05. The Labute approximate surface area is 126 Å². The topological polar surface area (TPSA) is 46.3 Å². The van der Waals surface area contributed by atoms with Gasteiger partial charge in [-0.3, -0.25) is 0 Å². The summed E-state index contributed by atoms with van der Waals surface area (Å²) < 4.78 is 76.2.